The van der Waals surface area contributed by atoms with E-state index in [0.29, 0.717) is 17.8 Å². The summed E-state index contributed by atoms with van der Waals surface area (Å²) in [6, 6.07) is 2.58. The summed E-state index contributed by atoms with van der Waals surface area (Å²) in [5.74, 6) is -1.43. The highest BCUT2D eigenvalue weighted by molar-refractivity contribution is 7.12. The average molecular weight is 338 g/mol. The lowest BCUT2D eigenvalue weighted by molar-refractivity contribution is -0.140. The van der Waals surface area contributed by atoms with E-state index in [1.165, 1.54) is 11.3 Å². The number of rotatable bonds is 6. The molecule has 23 heavy (non-hydrogen) atoms. The lowest BCUT2D eigenvalue weighted by Crippen LogP contribution is -2.52. The molecule has 1 fully saturated rings. The van der Waals surface area contributed by atoms with Crippen LogP contribution in [-0.4, -0.2) is 46.4 Å². The Balaban J connectivity index is 2.09. The molecule has 6 nitrogen and oxygen atoms in total. The van der Waals surface area contributed by atoms with E-state index in [1.54, 1.807) is 17.0 Å². The monoisotopic (exact) mass is 338 g/mol. The van der Waals surface area contributed by atoms with Crippen molar-refractivity contribution in [1.29, 1.82) is 0 Å². The van der Waals surface area contributed by atoms with E-state index < -0.39 is 12.0 Å². The van der Waals surface area contributed by atoms with Crippen LogP contribution in [0.1, 0.15) is 42.8 Å². The molecule has 1 aliphatic rings. The molecule has 1 aromatic rings. The van der Waals surface area contributed by atoms with Crippen LogP contribution < -0.4 is 5.32 Å². The van der Waals surface area contributed by atoms with Gasteiger partial charge in [0.2, 0.25) is 5.91 Å². The van der Waals surface area contributed by atoms with Gasteiger partial charge in [0.25, 0.3) is 5.91 Å². The number of carboxylic acid groups (broad SMARTS) is 1. The molecule has 2 N–H and O–H groups in total. The van der Waals surface area contributed by atoms with Crippen LogP contribution in [0.2, 0.25) is 0 Å². The minimum atomic E-state index is -0.904. The van der Waals surface area contributed by atoms with Crippen molar-refractivity contribution < 1.29 is 19.5 Å². The molecule has 2 amide bonds. The number of likely N-dealkylation sites (tertiary alicyclic amines) is 1. The number of aliphatic carboxylic acids is 1. The van der Waals surface area contributed by atoms with Crippen molar-refractivity contribution in [3.63, 3.8) is 0 Å². The van der Waals surface area contributed by atoms with Crippen LogP contribution in [0, 0.1) is 5.92 Å². The number of carboxylic acids is 1. The summed E-state index contributed by atoms with van der Waals surface area (Å²) < 4.78 is 0. The van der Waals surface area contributed by atoms with Crippen LogP contribution in [0.4, 0.5) is 0 Å². The smallest absolute Gasteiger partial charge is 0.305 e. The predicted octanol–water partition coefficient (Wildman–Crippen LogP) is 1.97. The zero-order valence-electron chi connectivity index (χ0n) is 13.3. The number of nitrogens with one attached hydrogen (secondary N) is 1. The number of hydrogen-bond donors (Lipinski definition) is 2. The van der Waals surface area contributed by atoms with Crippen molar-refractivity contribution in [1.82, 2.24) is 10.2 Å². The Morgan fingerprint density at radius 2 is 2.17 bits per heavy atom. The lowest BCUT2D eigenvalue weighted by Gasteiger charge is -2.30. The maximum absolute atomic E-state index is 12.8. The molecule has 0 bridgehead atoms. The summed E-state index contributed by atoms with van der Waals surface area (Å²) in [7, 11) is 0. The Bertz CT molecular complexity index is 571. The van der Waals surface area contributed by atoms with Crippen molar-refractivity contribution >= 4 is 29.1 Å². The fourth-order valence-electron chi connectivity index (χ4n) is 2.85. The van der Waals surface area contributed by atoms with Crippen LogP contribution in [0.3, 0.4) is 0 Å². The Morgan fingerprint density at radius 1 is 1.43 bits per heavy atom. The molecule has 7 heteroatoms. The van der Waals surface area contributed by atoms with Crippen molar-refractivity contribution in [3.8, 4) is 0 Å². The topological polar surface area (TPSA) is 86.7 Å². The van der Waals surface area contributed by atoms with Gasteiger partial charge in [-0.2, -0.15) is 0 Å². The van der Waals surface area contributed by atoms with Gasteiger partial charge in [-0.15, -0.1) is 11.3 Å². The average Bonchev–Trinajstić information content (AvgIpc) is 3.13. The van der Waals surface area contributed by atoms with Gasteiger partial charge in [-0.3, -0.25) is 14.4 Å². The van der Waals surface area contributed by atoms with E-state index in [9.17, 15) is 14.4 Å². The third kappa shape index (κ3) is 4.31. The quantitative estimate of drug-likeness (QED) is 0.830. The summed E-state index contributed by atoms with van der Waals surface area (Å²) >= 11 is 1.32. The number of thiophene rings is 1. The second-order valence-electron chi connectivity index (χ2n) is 6.10. The largest absolute Gasteiger partial charge is 0.481 e. The first-order chi connectivity index (χ1) is 10.9. The molecule has 0 radical (unpaired) electrons. The molecular formula is C16H22N2O4S. The minimum absolute atomic E-state index is 0.0462. The van der Waals surface area contributed by atoms with Crippen LogP contribution in [0.25, 0.3) is 0 Å². The van der Waals surface area contributed by atoms with Crippen LogP contribution in [-0.2, 0) is 9.59 Å². The number of carbonyl (C=O) groups excluding carboxylic acids is 2. The summed E-state index contributed by atoms with van der Waals surface area (Å²) in [5, 5.41) is 13.6. The van der Waals surface area contributed by atoms with Crippen LogP contribution >= 0.6 is 11.3 Å². The number of carbonyl (C=O) groups is 3. The van der Waals surface area contributed by atoms with Gasteiger partial charge in [0.05, 0.1) is 11.3 Å². The van der Waals surface area contributed by atoms with Gasteiger partial charge in [0.15, 0.2) is 0 Å². The third-order valence-electron chi connectivity index (χ3n) is 4.03. The molecule has 126 valence electrons. The van der Waals surface area contributed by atoms with Gasteiger partial charge < -0.3 is 15.3 Å². The molecule has 1 saturated heterocycles. The van der Waals surface area contributed by atoms with E-state index in [2.05, 4.69) is 5.32 Å². The van der Waals surface area contributed by atoms with Gasteiger partial charge in [0.1, 0.15) is 6.04 Å². The zero-order valence-corrected chi connectivity index (χ0v) is 14.1. The molecule has 0 aliphatic carbocycles. The van der Waals surface area contributed by atoms with Crippen molar-refractivity contribution in [2.45, 2.75) is 45.2 Å². The summed E-state index contributed by atoms with van der Waals surface area (Å²) in [6.45, 7) is 4.30. The first-order valence-corrected chi connectivity index (χ1v) is 8.64. The van der Waals surface area contributed by atoms with Crippen molar-refractivity contribution in [3.05, 3.63) is 22.4 Å². The summed E-state index contributed by atoms with van der Waals surface area (Å²) in [6.07, 6.45) is 1.45. The standard InChI is InChI=1S/C16H22N2O4S/c1-10(2)14(17-15(21)12-6-4-8-23-12)16(22)18-7-3-5-11(18)9-13(19)20/h4,6,8,10-11,14H,3,5,7,9H2,1-2H3,(H,17,21)(H,19,20). The highest BCUT2D eigenvalue weighted by Crippen LogP contribution is 2.23. The van der Waals surface area contributed by atoms with Crippen LogP contribution in [0.15, 0.2) is 17.5 Å². The highest BCUT2D eigenvalue weighted by Gasteiger charge is 2.36. The predicted molar refractivity (Wildman–Crippen MR) is 87.4 cm³/mol. The first-order valence-electron chi connectivity index (χ1n) is 7.76. The molecule has 1 aliphatic heterocycles. The molecular weight excluding hydrogens is 316 g/mol. The van der Waals surface area contributed by atoms with Crippen molar-refractivity contribution in [2.75, 3.05) is 6.54 Å². The van der Waals surface area contributed by atoms with E-state index >= 15 is 0 Å². The molecule has 2 atom stereocenters. The summed E-state index contributed by atoms with van der Waals surface area (Å²) in [4.78, 5) is 38.2. The van der Waals surface area contributed by atoms with Gasteiger partial charge >= 0.3 is 5.97 Å². The second-order valence-corrected chi connectivity index (χ2v) is 7.05. The van der Waals surface area contributed by atoms with E-state index in [0.717, 1.165) is 6.42 Å². The maximum atomic E-state index is 12.8. The number of amides is 2. The maximum Gasteiger partial charge on any atom is 0.305 e. The van der Waals surface area contributed by atoms with Gasteiger partial charge in [-0.1, -0.05) is 19.9 Å². The van der Waals surface area contributed by atoms with Gasteiger partial charge in [-0.25, -0.2) is 0 Å². The molecule has 0 saturated carbocycles. The van der Waals surface area contributed by atoms with E-state index in [4.69, 9.17) is 5.11 Å². The molecule has 1 aromatic heterocycles. The van der Waals surface area contributed by atoms with E-state index in [1.807, 2.05) is 19.2 Å². The Hall–Kier alpha value is -1.89. The van der Waals surface area contributed by atoms with Crippen LogP contribution in [0.5, 0.6) is 0 Å². The molecule has 2 rings (SSSR count). The second kappa shape index (κ2) is 7.59. The lowest BCUT2D eigenvalue weighted by atomic mass is 10.0. The summed E-state index contributed by atoms with van der Waals surface area (Å²) in [5.41, 5.74) is 0. The molecule has 2 heterocycles. The minimum Gasteiger partial charge on any atom is -0.481 e. The molecule has 0 spiro atoms. The Morgan fingerprint density at radius 3 is 2.74 bits per heavy atom. The van der Waals surface area contributed by atoms with Gasteiger partial charge in [-0.05, 0) is 30.2 Å². The third-order valence-corrected chi connectivity index (χ3v) is 4.90. The zero-order chi connectivity index (χ0) is 17.0. The normalized spacial score (nSPS) is 18.9. The Labute approximate surface area is 139 Å². The number of hydrogen-bond acceptors (Lipinski definition) is 4. The SMILES string of the molecule is CC(C)C(NC(=O)c1cccs1)C(=O)N1CCCC1CC(=O)O. The number of nitrogens with zero attached hydrogens (tertiary/aromatic N) is 1. The fraction of sp³-hybridized carbons (Fsp3) is 0.562. The highest BCUT2D eigenvalue weighted by atomic mass is 32.1. The van der Waals surface area contributed by atoms with E-state index in [-0.39, 0.29) is 30.2 Å². The van der Waals surface area contributed by atoms with Gasteiger partial charge in [0, 0.05) is 12.6 Å². The molecule has 2 unspecified atom stereocenters. The molecule has 0 aromatic carbocycles. The Kier molecular flexibility index (Phi) is 5.76. The van der Waals surface area contributed by atoms with Crippen molar-refractivity contribution in [2.24, 2.45) is 5.92 Å². The fourth-order valence-corrected chi connectivity index (χ4v) is 3.48. The first kappa shape index (κ1) is 17.5.